The van der Waals surface area contributed by atoms with Gasteiger partial charge in [0.15, 0.2) is 0 Å². The first-order valence-corrected chi connectivity index (χ1v) is 5.05. The molecule has 0 spiro atoms. The average Bonchev–Trinajstić information content (AvgIpc) is 2.11. The fourth-order valence-electron chi connectivity index (χ4n) is 0.980. The van der Waals surface area contributed by atoms with Crippen LogP contribution in [0.15, 0.2) is 22.7 Å². The van der Waals surface area contributed by atoms with E-state index in [1.807, 2.05) is 6.92 Å². The van der Waals surface area contributed by atoms with Gasteiger partial charge in [0.25, 0.3) is 0 Å². The Morgan fingerprint density at radius 1 is 1.46 bits per heavy atom. The molecular formula is C10H12BrFO. The lowest BCUT2D eigenvalue weighted by atomic mass is 10.2. The first-order valence-electron chi connectivity index (χ1n) is 4.25. The maximum Gasteiger partial charge on any atom is 0.123 e. The van der Waals surface area contributed by atoms with E-state index >= 15 is 0 Å². The number of hydrogen-bond donors (Lipinski definition) is 0. The molecule has 1 aromatic rings. The molecule has 0 bridgehead atoms. The molecule has 0 saturated heterocycles. The standard InChI is InChI=1S/C10H12BrFO/c1-2-5-13-7-8-6-9(12)3-4-10(8)11/h3-4,6H,2,5,7H2,1H3. The Bertz CT molecular complexity index is 276. The Morgan fingerprint density at radius 2 is 2.23 bits per heavy atom. The highest BCUT2D eigenvalue weighted by Gasteiger charge is 2.01. The van der Waals surface area contributed by atoms with Crippen LogP contribution in [0.1, 0.15) is 18.9 Å². The minimum Gasteiger partial charge on any atom is -0.377 e. The van der Waals surface area contributed by atoms with Crippen LogP contribution in [0.5, 0.6) is 0 Å². The van der Waals surface area contributed by atoms with Crippen molar-refractivity contribution >= 4 is 15.9 Å². The van der Waals surface area contributed by atoms with Gasteiger partial charge in [-0.25, -0.2) is 4.39 Å². The van der Waals surface area contributed by atoms with Gasteiger partial charge in [-0.15, -0.1) is 0 Å². The summed E-state index contributed by atoms with van der Waals surface area (Å²) < 4.78 is 19.0. The second kappa shape index (κ2) is 5.35. The van der Waals surface area contributed by atoms with Gasteiger partial charge in [0.2, 0.25) is 0 Å². The van der Waals surface area contributed by atoms with Crippen molar-refractivity contribution in [1.29, 1.82) is 0 Å². The van der Waals surface area contributed by atoms with Crippen molar-refractivity contribution in [3.63, 3.8) is 0 Å². The van der Waals surface area contributed by atoms with Crippen LogP contribution in [0.4, 0.5) is 4.39 Å². The first kappa shape index (κ1) is 10.7. The van der Waals surface area contributed by atoms with Crippen molar-refractivity contribution in [2.45, 2.75) is 20.0 Å². The smallest absolute Gasteiger partial charge is 0.123 e. The Balaban J connectivity index is 2.59. The van der Waals surface area contributed by atoms with Gasteiger partial charge in [0, 0.05) is 11.1 Å². The number of rotatable bonds is 4. The third kappa shape index (κ3) is 3.44. The zero-order valence-electron chi connectivity index (χ0n) is 7.52. The summed E-state index contributed by atoms with van der Waals surface area (Å²) in [5.74, 6) is -0.224. The summed E-state index contributed by atoms with van der Waals surface area (Å²) in [5, 5.41) is 0. The molecule has 0 N–H and O–H groups in total. The zero-order chi connectivity index (χ0) is 9.68. The van der Waals surface area contributed by atoms with Gasteiger partial charge in [0.1, 0.15) is 5.82 Å². The van der Waals surface area contributed by atoms with Gasteiger partial charge in [-0.1, -0.05) is 22.9 Å². The van der Waals surface area contributed by atoms with Gasteiger partial charge in [-0.2, -0.15) is 0 Å². The minimum atomic E-state index is -0.224. The molecule has 0 aliphatic rings. The largest absolute Gasteiger partial charge is 0.377 e. The Kier molecular flexibility index (Phi) is 4.39. The van der Waals surface area contributed by atoms with E-state index in [9.17, 15) is 4.39 Å². The molecule has 13 heavy (non-hydrogen) atoms. The van der Waals surface area contributed by atoms with Gasteiger partial charge >= 0.3 is 0 Å². The number of halogens is 2. The van der Waals surface area contributed by atoms with Gasteiger partial charge in [0.05, 0.1) is 6.61 Å². The summed E-state index contributed by atoms with van der Waals surface area (Å²) in [4.78, 5) is 0. The van der Waals surface area contributed by atoms with Crippen molar-refractivity contribution in [3.05, 3.63) is 34.1 Å². The second-order valence-electron chi connectivity index (χ2n) is 2.79. The summed E-state index contributed by atoms with van der Waals surface area (Å²) >= 11 is 3.34. The number of hydrogen-bond acceptors (Lipinski definition) is 1. The second-order valence-corrected chi connectivity index (χ2v) is 3.64. The monoisotopic (exact) mass is 246 g/mol. The Labute approximate surface area is 86.0 Å². The van der Waals surface area contributed by atoms with Crippen LogP contribution < -0.4 is 0 Å². The van der Waals surface area contributed by atoms with Crippen molar-refractivity contribution in [2.24, 2.45) is 0 Å². The van der Waals surface area contributed by atoms with E-state index in [-0.39, 0.29) is 5.82 Å². The summed E-state index contributed by atoms with van der Waals surface area (Å²) in [5.41, 5.74) is 0.855. The number of benzene rings is 1. The molecule has 0 atom stereocenters. The van der Waals surface area contributed by atoms with Crippen LogP contribution in [0.3, 0.4) is 0 Å². The molecule has 0 amide bonds. The van der Waals surface area contributed by atoms with E-state index in [1.165, 1.54) is 12.1 Å². The molecule has 0 fully saturated rings. The Morgan fingerprint density at radius 3 is 2.92 bits per heavy atom. The summed E-state index contributed by atoms with van der Waals surface area (Å²) in [6.45, 7) is 3.22. The SMILES string of the molecule is CCCOCc1cc(F)ccc1Br. The summed E-state index contributed by atoms with van der Waals surface area (Å²) in [6, 6.07) is 4.60. The summed E-state index contributed by atoms with van der Waals surface area (Å²) in [7, 11) is 0. The van der Waals surface area contributed by atoms with E-state index in [0.29, 0.717) is 13.2 Å². The lowest BCUT2D eigenvalue weighted by Crippen LogP contribution is -1.95. The average molecular weight is 247 g/mol. The molecule has 3 heteroatoms. The number of ether oxygens (including phenoxy) is 1. The molecule has 0 aromatic heterocycles. The molecule has 1 rings (SSSR count). The van der Waals surface area contributed by atoms with E-state index in [4.69, 9.17) is 4.74 Å². The maximum absolute atomic E-state index is 12.8. The summed E-state index contributed by atoms with van der Waals surface area (Å²) in [6.07, 6.45) is 0.979. The van der Waals surface area contributed by atoms with E-state index in [0.717, 1.165) is 16.5 Å². The lowest BCUT2D eigenvalue weighted by molar-refractivity contribution is 0.121. The van der Waals surface area contributed by atoms with E-state index in [2.05, 4.69) is 15.9 Å². The third-order valence-corrected chi connectivity index (χ3v) is 2.39. The highest BCUT2D eigenvalue weighted by Crippen LogP contribution is 2.18. The van der Waals surface area contributed by atoms with Crippen LogP contribution in [-0.2, 0) is 11.3 Å². The van der Waals surface area contributed by atoms with Gasteiger partial charge in [-0.05, 0) is 30.2 Å². The van der Waals surface area contributed by atoms with Crippen molar-refractivity contribution < 1.29 is 9.13 Å². The van der Waals surface area contributed by atoms with Gasteiger partial charge in [-0.3, -0.25) is 0 Å². The van der Waals surface area contributed by atoms with Crippen LogP contribution >= 0.6 is 15.9 Å². The molecule has 0 radical (unpaired) electrons. The van der Waals surface area contributed by atoms with Crippen LogP contribution in [0.2, 0.25) is 0 Å². The van der Waals surface area contributed by atoms with Crippen molar-refractivity contribution in [3.8, 4) is 0 Å². The van der Waals surface area contributed by atoms with Crippen molar-refractivity contribution in [2.75, 3.05) is 6.61 Å². The molecule has 1 aromatic carbocycles. The Hall–Kier alpha value is -0.410. The van der Waals surface area contributed by atoms with E-state index < -0.39 is 0 Å². The van der Waals surface area contributed by atoms with Gasteiger partial charge < -0.3 is 4.74 Å². The maximum atomic E-state index is 12.8. The lowest BCUT2D eigenvalue weighted by Gasteiger charge is -2.04. The third-order valence-electron chi connectivity index (χ3n) is 1.61. The first-order chi connectivity index (χ1) is 6.24. The van der Waals surface area contributed by atoms with Crippen LogP contribution in [-0.4, -0.2) is 6.61 Å². The zero-order valence-corrected chi connectivity index (χ0v) is 9.10. The predicted molar refractivity (Wildman–Crippen MR) is 54.0 cm³/mol. The highest BCUT2D eigenvalue weighted by molar-refractivity contribution is 9.10. The van der Waals surface area contributed by atoms with Crippen LogP contribution in [0.25, 0.3) is 0 Å². The molecule has 1 nitrogen and oxygen atoms in total. The normalized spacial score (nSPS) is 10.4. The van der Waals surface area contributed by atoms with Crippen LogP contribution in [0, 0.1) is 5.82 Å². The molecule has 0 saturated carbocycles. The quantitative estimate of drug-likeness (QED) is 0.739. The molecule has 72 valence electrons. The molecule has 0 aliphatic carbocycles. The topological polar surface area (TPSA) is 9.23 Å². The fraction of sp³-hybridized carbons (Fsp3) is 0.400. The molecule has 0 aliphatic heterocycles. The molecular weight excluding hydrogens is 235 g/mol. The molecule has 0 unspecified atom stereocenters. The minimum absolute atomic E-state index is 0.224. The highest BCUT2D eigenvalue weighted by atomic mass is 79.9. The van der Waals surface area contributed by atoms with Crippen molar-refractivity contribution in [1.82, 2.24) is 0 Å². The fourth-order valence-corrected chi connectivity index (χ4v) is 1.34. The predicted octanol–water partition coefficient (Wildman–Crippen LogP) is 3.51. The molecule has 0 heterocycles. The van der Waals surface area contributed by atoms with E-state index in [1.54, 1.807) is 6.07 Å².